The number of aryl methyl sites for hydroxylation is 1. The normalized spacial score (nSPS) is 29.5. The van der Waals surface area contributed by atoms with E-state index in [1.54, 1.807) is 43.8 Å². The Morgan fingerprint density at radius 3 is 2.57 bits per heavy atom. The number of fused-ring (bicyclic) bond motifs is 2. The first-order valence-corrected chi connectivity index (χ1v) is 10.4. The summed E-state index contributed by atoms with van der Waals surface area (Å²) in [6.45, 7) is 3.49. The maximum atomic E-state index is 13.1. The third kappa shape index (κ3) is 2.36. The van der Waals surface area contributed by atoms with Gasteiger partial charge in [-0.25, -0.2) is 4.79 Å². The van der Waals surface area contributed by atoms with E-state index in [9.17, 15) is 24.6 Å². The van der Waals surface area contributed by atoms with Crippen LogP contribution in [0.4, 0.5) is 0 Å². The van der Waals surface area contributed by atoms with Crippen molar-refractivity contribution in [2.75, 3.05) is 0 Å². The van der Waals surface area contributed by atoms with Gasteiger partial charge >= 0.3 is 5.97 Å². The molecule has 4 atom stereocenters. The fraction of sp³-hybridized carbons (Fsp3) is 0.421. The number of carbonyl (C=O) groups excluding carboxylic acids is 2. The van der Waals surface area contributed by atoms with Gasteiger partial charge in [0.2, 0.25) is 5.91 Å². The first kappa shape index (κ1) is 19.5. The Bertz CT molecular complexity index is 1030. The predicted molar refractivity (Wildman–Crippen MR) is 109 cm³/mol. The minimum Gasteiger partial charge on any atom is -0.480 e. The molecule has 2 N–H and O–H groups in total. The first-order valence-electron chi connectivity index (χ1n) is 8.70. The lowest BCUT2D eigenvalue weighted by Crippen LogP contribution is -2.75. The molecular weight excluding hydrogens is 448 g/mol. The van der Waals surface area contributed by atoms with Crippen LogP contribution in [0.1, 0.15) is 24.2 Å². The van der Waals surface area contributed by atoms with E-state index in [1.165, 1.54) is 16.7 Å². The fourth-order valence-electron chi connectivity index (χ4n) is 4.17. The lowest BCUT2D eigenvalue weighted by Gasteiger charge is -2.51. The third-order valence-electron chi connectivity index (χ3n) is 5.57. The van der Waals surface area contributed by atoms with Crippen molar-refractivity contribution < 1.29 is 24.6 Å². The number of Topliss-reactive ketones (excluding diaryl/α,β-unsaturated/α-hetero) is 1. The maximum absolute atomic E-state index is 13.1. The average Bonchev–Trinajstić information content (AvgIpc) is 3.12. The van der Waals surface area contributed by atoms with Crippen LogP contribution < -0.4 is 0 Å². The minimum absolute atomic E-state index is 0.327. The van der Waals surface area contributed by atoms with E-state index in [4.69, 9.17) is 0 Å². The van der Waals surface area contributed by atoms with Gasteiger partial charge in [-0.1, -0.05) is 34.1 Å². The Balaban J connectivity index is 1.70. The molecule has 2 aromatic rings. The summed E-state index contributed by atoms with van der Waals surface area (Å²) in [7, 11) is 1.80. The van der Waals surface area contributed by atoms with Crippen LogP contribution in [0.15, 0.2) is 30.5 Å². The summed E-state index contributed by atoms with van der Waals surface area (Å²) in [5.74, 6) is -2.25. The summed E-state index contributed by atoms with van der Waals surface area (Å²) in [5.41, 5.74) is 1.17. The van der Waals surface area contributed by atoms with E-state index in [-0.39, 0.29) is 0 Å². The fourth-order valence-corrected chi connectivity index (χ4v) is 6.74. The van der Waals surface area contributed by atoms with Crippen LogP contribution in [0.25, 0.3) is 10.9 Å². The number of para-hydroxylation sites is 1. The number of aliphatic hydroxyl groups excluding tert-OH is 1. The topological polar surface area (TPSA) is 99.8 Å². The van der Waals surface area contributed by atoms with Crippen molar-refractivity contribution in [3.63, 3.8) is 0 Å². The molecule has 2 unspecified atom stereocenters. The van der Waals surface area contributed by atoms with Crippen molar-refractivity contribution in [1.82, 2.24) is 9.47 Å². The molecule has 0 spiro atoms. The molecule has 7 nitrogen and oxygen atoms in total. The predicted octanol–water partition coefficient (Wildman–Crippen LogP) is 2.00. The quantitative estimate of drug-likeness (QED) is 0.406. The number of thioether (sulfide) groups is 1. The number of β-lactam (4-membered cyclic amide) rings is 1. The van der Waals surface area contributed by atoms with Crippen molar-refractivity contribution in [2.24, 2.45) is 7.05 Å². The Hall–Kier alpha value is -1.84. The van der Waals surface area contributed by atoms with Crippen LogP contribution in [0.3, 0.4) is 0 Å². The third-order valence-corrected chi connectivity index (χ3v) is 8.73. The highest BCUT2D eigenvalue weighted by atomic mass is 79.9. The molecule has 0 radical (unpaired) electrons. The van der Waals surface area contributed by atoms with Gasteiger partial charge < -0.3 is 19.7 Å². The van der Waals surface area contributed by atoms with E-state index < -0.39 is 44.3 Å². The van der Waals surface area contributed by atoms with Gasteiger partial charge in [-0.15, -0.1) is 11.8 Å². The molecule has 0 aliphatic carbocycles. The molecule has 9 heteroatoms. The van der Waals surface area contributed by atoms with Crippen molar-refractivity contribution in [3.8, 4) is 0 Å². The van der Waals surface area contributed by atoms with Crippen molar-refractivity contribution >= 4 is 56.3 Å². The number of rotatable bonds is 4. The summed E-state index contributed by atoms with van der Waals surface area (Å²) < 4.78 is -0.504. The summed E-state index contributed by atoms with van der Waals surface area (Å²) in [6, 6.07) is 6.30. The number of hydrogen-bond donors (Lipinski definition) is 2. The molecule has 1 aromatic heterocycles. The number of carboxylic acid groups (broad SMARTS) is 1. The summed E-state index contributed by atoms with van der Waals surface area (Å²) in [4.78, 5) is 39.0. The van der Waals surface area contributed by atoms with E-state index in [0.717, 1.165) is 5.52 Å². The van der Waals surface area contributed by atoms with Gasteiger partial charge in [0, 0.05) is 34.5 Å². The lowest BCUT2D eigenvalue weighted by atomic mass is 9.84. The molecule has 0 bridgehead atoms. The summed E-state index contributed by atoms with van der Waals surface area (Å²) in [6.07, 6.45) is 0.00196. The van der Waals surface area contributed by atoms with Crippen LogP contribution in [-0.4, -0.2) is 63.9 Å². The van der Waals surface area contributed by atoms with Crippen LogP contribution in [0, 0.1) is 0 Å². The number of benzene rings is 1. The molecule has 0 saturated carbocycles. The molecule has 4 rings (SSSR count). The number of aliphatic hydroxyl groups is 1. The van der Waals surface area contributed by atoms with E-state index in [2.05, 4.69) is 15.9 Å². The number of aliphatic carboxylic acids is 1. The SMILES string of the molecule is Cn1cc(C(=O)C(O)C2(Br)C(=O)N3[C@@H](C(=O)O)C(C)(C)S[C@@H]32)c2ccccc21. The molecule has 2 aliphatic heterocycles. The van der Waals surface area contributed by atoms with Crippen molar-refractivity contribution in [2.45, 2.75) is 40.4 Å². The molecule has 2 fully saturated rings. The molecular formula is C19H19BrN2O5S. The molecule has 2 saturated heterocycles. The van der Waals surface area contributed by atoms with Crippen molar-refractivity contribution in [1.29, 1.82) is 0 Å². The second-order valence-electron chi connectivity index (χ2n) is 7.73. The van der Waals surface area contributed by atoms with E-state index in [0.29, 0.717) is 10.9 Å². The Kier molecular flexibility index (Phi) is 4.23. The number of alkyl halides is 1. The zero-order valence-electron chi connectivity index (χ0n) is 15.4. The molecule has 1 amide bonds. The average molecular weight is 467 g/mol. The van der Waals surface area contributed by atoms with Gasteiger partial charge in [-0.05, 0) is 19.9 Å². The number of amides is 1. The van der Waals surface area contributed by atoms with Gasteiger partial charge in [0.1, 0.15) is 17.5 Å². The number of carboxylic acids is 1. The lowest BCUT2D eigenvalue weighted by molar-refractivity contribution is -0.163. The van der Waals surface area contributed by atoms with Crippen LogP contribution in [-0.2, 0) is 16.6 Å². The molecule has 2 aliphatic rings. The Morgan fingerprint density at radius 1 is 1.29 bits per heavy atom. The van der Waals surface area contributed by atoms with Gasteiger partial charge in [-0.3, -0.25) is 9.59 Å². The monoisotopic (exact) mass is 466 g/mol. The standard InChI is InChI=1S/C19H19BrN2O5S/c1-18(2)13(15(25)26)22-16(27)19(20,17(22)28-18)14(24)12(23)10-8-21(3)11-7-5-4-6-9(10)11/h4-8,13-14,17,24H,1-3H3,(H,25,26)/t13-,14?,17+,19?/m0/s1. The number of halogens is 1. The number of carbonyl (C=O) groups is 3. The number of hydrogen-bond acceptors (Lipinski definition) is 5. The maximum Gasteiger partial charge on any atom is 0.327 e. The summed E-state index contributed by atoms with van der Waals surface area (Å²) in [5, 5.41) is 20.5. The zero-order valence-corrected chi connectivity index (χ0v) is 17.8. The zero-order chi connectivity index (χ0) is 20.6. The highest BCUT2D eigenvalue weighted by molar-refractivity contribution is 9.10. The number of nitrogens with zero attached hydrogens (tertiary/aromatic N) is 2. The minimum atomic E-state index is -1.64. The first-order chi connectivity index (χ1) is 13.0. The van der Waals surface area contributed by atoms with Crippen LogP contribution >= 0.6 is 27.7 Å². The van der Waals surface area contributed by atoms with E-state index in [1.807, 2.05) is 12.1 Å². The Labute approximate surface area is 173 Å². The highest BCUT2D eigenvalue weighted by Gasteiger charge is 2.73. The number of ketones is 1. The molecule has 148 valence electrons. The highest BCUT2D eigenvalue weighted by Crippen LogP contribution is 2.59. The van der Waals surface area contributed by atoms with E-state index >= 15 is 0 Å². The van der Waals surface area contributed by atoms with Crippen molar-refractivity contribution in [3.05, 3.63) is 36.0 Å². The second kappa shape index (κ2) is 6.08. The summed E-state index contributed by atoms with van der Waals surface area (Å²) >= 11 is 4.59. The molecule has 28 heavy (non-hydrogen) atoms. The van der Waals surface area contributed by atoms with Crippen LogP contribution in [0.2, 0.25) is 0 Å². The number of aromatic nitrogens is 1. The van der Waals surface area contributed by atoms with Gasteiger partial charge in [-0.2, -0.15) is 0 Å². The molecule has 3 heterocycles. The molecule has 1 aromatic carbocycles. The van der Waals surface area contributed by atoms with Gasteiger partial charge in [0.25, 0.3) is 0 Å². The Morgan fingerprint density at radius 2 is 1.93 bits per heavy atom. The van der Waals surface area contributed by atoms with Gasteiger partial charge in [0.15, 0.2) is 10.1 Å². The largest absolute Gasteiger partial charge is 0.480 e. The van der Waals surface area contributed by atoms with Gasteiger partial charge in [0.05, 0.1) is 0 Å². The smallest absolute Gasteiger partial charge is 0.327 e. The van der Waals surface area contributed by atoms with Crippen LogP contribution in [0.5, 0.6) is 0 Å². The second-order valence-corrected chi connectivity index (χ2v) is 10.8.